The molecular formula is C17H16N4O2S. The molecule has 2 N–H and O–H groups in total. The smallest absolute Gasteiger partial charge is 0.216 e. The molecule has 0 saturated carbocycles. The summed E-state index contributed by atoms with van der Waals surface area (Å²) in [5.74, 6) is 1.52. The van der Waals surface area contributed by atoms with E-state index in [1.165, 1.54) is 4.68 Å². The van der Waals surface area contributed by atoms with Crippen LogP contribution in [0.1, 0.15) is 12.5 Å². The third-order valence-corrected chi connectivity index (χ3v) is 3.51. The molecule has 0 amide bonds. The van der Waals surface area contributed by atoms with Crippen LogP contribution in [0.5, 0.6) is 11.5 Å². The number of nitrogens with zero attached hydrogens (tertiary/aromatic N) is 3. The number of aromatic nitrogens is 3. The minimum Gasteiger partial charge on any atom is -0.508 e. The quantitative estimate of drug-likeness (QED) is 0.550. The van der Waals surface area contributed by atoms with Crippen LogP contribution in [-0.4, -0.2) is 32.8 Å². The normalized spacial score (nSPS) is 11.0. The predicted octanol–water partition coefficient (Wildman–Crippen LogP) is 3.59. The van der Waals surface area contributed by atoms with Crippen LogP contribution in [0.3, 0.4) is 0 Å². The maximum atomic E-state index is 9.52. The first-order valence-corrected chi connectivity index (χ1v) is 7.82. The number of ether oxygens (including phenoxy) is 1. The number of hydrogen-bond donors (Lipinski definition) is 2. The van der Waals surface area contributed by atoms with E-state index in [9.17, 15) is 5.11 Å². The van der Waals surface area contributed by atoms with Gasteiger partial charge in [0.1, 0.15) is 11.5 Å². The first-order valence-electron chi connectivity index (χ1n) is 7.41. The summed E-state index contributed by atoms with van der Waals surface area (Å²) in [5.41, 5.74) is 1.59. The highest BCUT2D eigenvalue weighted by Gasteiger charge is 2.09. The summed E-state index contributed by atoms with van der Waals surface area (Å²) >= 11 is 5.25. The minimum absolute atomic E-state index is 0.180. The number of H-pyrrole nitrogens is 1. The van der Waals surface area contributed by atoms with Gasteiger partial charge in [-0.25, -0.2) is 5.10 Å². The van der Waals surface area contributed by atoms with Gasteiger partial charge >= 0.3 is 0 Å². The van der Waals surface area contributed by atoms with Gasteiger partial charge in [-0.3, -0.25) is 0 Å². The fourth-order valence-corrected chi connectivity index (χ4v) is 2.39. The molecule has 2 aromatic carbocycles. The van der Waals surface area contributed by atoms with E-state index >= 15 is 0 Å². The summed E-state index contributed by atoms with van der Waals surface area (Å²) in [4.78, 5) is 0. The Morgan fingerprint density at radius 1 is 1.29 bits per heavy atom. The molecule has 1 heterocycles. The standard InChI is InChI=1S/C17H16N4O2S/c1-2-23-15-8-4-6-13(10-15)16-19-20-17(24)21(16)18-11-12-5-3-7-14(22)9-12/h3-11,22H,2H2,1H3,(H,20,24)/b18-11+. The Bertz CT molecular complexity index is 930. The zero-order chi connectivity index (χ0) is 16.9. The number of benzene rings is 2. The largest absolute Gasteiger partial charge is 0.508 e. The van der Waals surface area contributed by atoms with Crippen LogP contribution in [0.4, 0.5) is 0 Å². The average Bonchev–Trinajstić information content (AvgIpc) is 2.94. The molecule has 0 aliphatic heterocycles. The molecule has 122 valence electrons. The number of phenols is 1. The van der Waals surface area contributed by atoms with Gasteiger partial charge in [0.2, 0.25) is 4.77 Å². The highest BCUT2D eigenvalue weighted by atomic mass is 32.1. The lowest BCUT2D eigenvalue weighted by molar-refractivity contribution is 0.340. The Labute approximate surface area is 144 Å². The monoisotopic (exact) mass is 340 g/mol. The second kappa shape index (κ2) is 7.10. The van der Waals surface area contributed by atoms with Gasteiger partial charge in [-0.15, -0.1) is 0 Å². The van der Waals surface area contributed by atoms with Crippen molar-refractivity contribution < 1.29 is 9.84 Å². The summed E-state index contributed by atoms with van der Waals surface area (Å²) < 4.78 is 7.43. The van der Waals surface area contributed by atoms with Crippen LogP contribution < -0.4 is 4.74 Å². The summed E-state index contributed by atoms with van der Waals surface area (Å²) in [6.07, 6.45) is 1.61. The van der Waals surface area contributed by atoms with E-state index in [0.717, 1.165) is 16.9 Å². The predicted molar refractivity (Wildman–Crippen MR) is 95.1 cm³/mol. The lowest BCUT2D eigenvalue weighted by atomic mass is 10.2. The molecule has 0 aliphatic rings. The molecule has 24 heavy (non-hydrogen) atoms. The first kappa shape index (κ1) is 15.9. The van der Waals surface area contributed by atoms with Crippen LogP contribution >= 0.6 is 12.2 Å². The van der Waals surface area contributed by atoms with E-state index in [2.05, 4.69) is 15.3 Å². The Morgan fingerprint density at radius 3 is 2.92 bits per heavy atom. The van der Waals surface area contributed by atoms with E-state index in [1.54, 1.807) is 24.4 Å². The van der Waals surface area contributed by atoms with Crippen LogP contribution in [-0.2, 0) is 0 Å². The second-order valence-electron chi connectivity index (χ2n) is 4.96. The maximum absolute atomic E-state index is 9.52. The van der Waals surface area contributed by atoms with E-state index in [4.69, 9.17) is 17.0 Å². The maximum Gasteiger partial charge on any atom is 0.216 e. The molecule has 0 radical (unpaired) electrons. The molecule has 3 rings (SSSR count). The van der Waals surface area contributed by atoms with Crippen molar-refractivity contribution in [2.75, 3.05) is 6.61 Å². The van der Waals surface area contributed by atoms with Crippen molar-refractivity contribution in [1.29, 1.82) is 0 Å². The van der Waals surface area contributed by atoms with E-state index < -0.39 is 0 Å². The molecule has 1 aromatic heterocycles. The van der Waals surface area contributed by atoms with Gasteiger partial charge in [0.25, 0.3) is 0 Å². The van der Waals surface area contributed by atoms with Gasteiger partial charge in [0.15, 0.2) is 5.82 Å². The van der Waals surface area contributed by atoms with Gasteiger partial charge in [-0.05, 0) is 49.0 Å². The molecule has 0 aliphatic carbocycles. The fourth-order valence-electron chi connectivity index (χ4n) is 2.21. The average molecular weight is 340 g/mol. The Kier molecular flexibility index (Phi) is 4.72. The van der Waals surface area contributed by atoms with Gasteiger partial charge in [-0.2, -0.15) is 14.9 Å². The highest BCUT2D eigenvalue weighted by molar-refractivity contribution is 7.71. The summed E-state index contributed by atoms with van der Waals surface area (Å²) in [6.45, 7) is 2.52. The molecule has 0 saturated heterocycles. The summed E-state index contributed by atoms with van der Waals surface area (Å²) in [7, 11) is 0. The number of rotatable bonds is 5. The van der Waals surface area contributed by atoms with Gasteiger partial charge < -0.3 is 9.84 Å². The van der Waals surface area contributed by atoms with Crippen LogP contribution in [0.15, 0.2) is 53.6 Å². The lowest BCUT2D eigenvalue weighted by Crippen LogP contribution is -1.96. The third kappa shape index (κ3) is 3.52. The van der Waals surface area contributed by atoms with Crippen molar-refractivity contribution in [3.63, 3.8) is 0 Å². The van der Waals surface area contributed by atoms with Crippen molar-refractivity contribution in [3.8, 4) is 22.9 Å². The summed E-state index contributed by atoms with van der Waals surface area (Å²) in [6, 6.07) is 14.4. The topological polar surface area (TPSA) is 75.4 Å². The number of aromatic amines is 1. The molecule has 3 aromatic rings. The Balaban J connectivity index is 1.97. The number of nitrogens with one attached hydrogen (secondary N) is 1. The number of phenolic OH excluding ortho intramolecular Hbond substituents is 1. The highest BCUT2D eigenvalue weighted by Crippen LogP contribution is 2.22. The molecule has 7 heteroatoms. The Morgan fingerprint density at radius 2 is 2.12 bits per heavy atom. The van der Waals surface area contributed by atoms with Crippen molar-refractivity contribution in [2.24, 2.45) is 5.10 Å². The van der Waals surface area contributed by atoms with Crippen molar-refractivity contribution >= 4 is 18.4 Å². The molecule has 0 atom stereocenters. The molecule has 0 fully saturated rings. The van der Waals surface area contributed by atoms with Crippen LogP contribution in [0.25, 0.3) is 11.4 Å². The van der Waals surface area contributed by atoms with Crippen LogP contribution in [0, 0.1) is 4.77 Å². The van der Waals surface area contributed by atoms with E-state index in [-0.39, 0.29) is 5.75 Å². The first-order chi connectivity index (χ1) is 11.7. The van der Waals surface area contributed by atoms with Crippen molar-refractivity contribution in [1.82, 2.24) is 14.9 Å². The zero-order valence-electron chi connectivity index (χ0n) is 13.0. The molecule has 0 spiro atoms. The number of hydrogen-bond acceptors (Lipinski definition) is 5. The fraction of sp³-hybridized carbons (Fsp3) is 0.118. The minimum atomic E-state index is 0.180. The third-order valence-electron chi connectivity index (χ3n) is 3.25. The van der Waals surface area contributed by atoms with Crippen molar-refractivity contribution in [2.45, 2.75) is 6.92 Å². The molecule has 6 nitrogen and oxygen atoms in total. The lowest BCUT2D eigenvalue weighted by Gasteiger charge is -2.05. The second-order valence-corrected chi connectivity index (χ2v) is 5.35. The van der Waals surface area contributed by atoms with Gasteiger partial charge in [0, 0.05) is 5.56 Å². The van der Waals surface area contributed by atoms with Crippen LogP contribution in [0.2, 0.25) is 0 Å². The Hall–Kier alpha value is -2.93. The summed E-state index contributed by atoms with van der Waals surface area (Å²) in [5, 5.41) is 20.9. The SMILES string of the molecule is CCOc1cccc(-c2n[nH]c(=S)n2/N=C/c2cccc(O)c2)c1. The van der Waals surface area contributed by atoms with Gasteiger partial charge in [0.05, 0.1) is 12.8 Å². The van der Waals surface area contributed by atoms with Crippen molar-refractivity contribution in [3.05, 3.63) is 58.9 Å². The molecule has 0 bridgehead atoms. The van der Waals surface area contributed by atoms with Gasteiger partial charge in [-0.1, -0.05) is 24.3 Å². The zero-order valence-corrected chi connectivity index (χ0v) is 13.8. The molecular weight excluding hydrogens is 324 g/mol. The molecule has 0 unspecified atom stereocenters. The van der Waals surface area contributed by atoms with E-state index in [0.29, 0.717) is 17.2 Å². The van der Waals surface area contributed by atoms with E-state index in [1.807, 2.05) is 37.3 Å². The number of aromatic hydroxyl groups is 1.